The van der Waals surface area contributed by atoms with Gasteiger partial charge in [-0.15, -0.1) is 0 Å². The zero-order valence-corrected chi connectivity index (χ0v) is 13.0. The summed E-state index contributed by atoms with van der Waals surface area (Å²) in [7, 11) is 0. The van der Waals surface area contributed by atoms with E-state index in [1.54, 1.807) is 6.07 Å². The molecule has 1 saturated carbocycles. The molecule has 0 aromatic heterocycles. The smallest absolute Gasteiger partial charge is 0.252 e. The third-order valence-electron chi connectivity index (χ3n) is 4.85. The molecule has 1 aliphatic carbocycles. The molecule has 0 bridgehead atoms. The van der Waals surface area contributed by atoms with Crippen molar-refractivity contribution in [2.45, 2.75) is 37.6 Å². The third-order valence-corrected chi connectivity index (χ3v) is 5.17. The summed E-state index contributed by atoms with van der Waals surface area (Å²) in [6, 6.07) is 5.62. The Kier molecular flexibility index (Phi) is 4.09. The van der Waals surface area contributed by atoms with Crippen LogP contribution in [-0.4, -0.2) is 31.1 Å². The first-order chi connectivity index (χ1) is 10.1. The van der Waals surface area contributed by atoms with E-state index >= 15 is 0 Å². The van der Waals surface area contributed by atoms with E-state index in [0.29, 0.717) is 10.6 Å². The van der Waals surface area contributed by atoms with E-state index in [9.17, 15) is 4.79 Å². The van der Waals surface area contributed by atoms with Crippen molar-refractivity contribution < 1.29 is 4.79 Å². The summed E-state index contributed by atoms with van der Waals surface area (Å²) in [5, 5.41) is 3.97. The van der Waals surface area contributed by atoms with Crippen LogP contribution in [0.5, 0.6) is 0 Å². The molecule has 0 radical (unpaired) electrons. The number of nitrogens with two attached hydrogens (primary N) is 1. The van der Waals surface area contributed by atoms with Crippen molar-refractivity contribution in [3.63, 3.8) is 0 Å². The highest BCUT2D eigenvalue weighted by Crippen LogP contribution is 2.40. The lowest BCUT2D eigenvalue weighted by Gasteiger charge is -2.51. The number of nitrogens with one attached hydrogen (secondary N) is 1. The topological polar surface area (TPSA) is 58.4 Å². The fraction of sp³-hybridized carbons (Fsp3) is 0.562. The second-order valence-corrected chi connectivity index (χ2v) is 6.52. The van der Waals surface area contributed by atoms with Gasteiger partial charge in [-0.25, -0.2) is 0 Å². The lowest BCUT2D eigenvalue weighted by molar-refractivity contribution is 0.100. The monoisotopic (exact) mass is 307 g/mol. The summed E-state index contributed by atoms with van der Waals surface area (Å²) in [5.41, 5.74) is 7.04. The molecule has 4 nitrogen and oxygen atoms in total. The van der Waals surface area contributed by atoms with Gasteiger partial charge >= 0.3 is 0 Å². The molecule has 0 unspecified atom stereocenters. The molecular formula is C16H22ClN3O. The van der Waals surface area contributed by atoms with Crippen LogP contribution in [0.4, 0.5) is 5.69 Å². The zero-order chi connectivity index (χ0) is 14.9. The normalized spacial score (nSPS) is 21.5. The maximum absolute atomic E-state index is 11.9. The molecule has 2 aliphatic rings. The van der Waals surface area contributed by atoms with Gasteiger partial charge in [0, 0.05) is 19.6 Å². The summed E-state index contributed by atoms with van der Waals surface area (Å²) in [4.78, 5) is 14.2. The van der Waals surface area contributed by atoms with Crippen LogP contribution >= 0.6 is 11.6 Å². The Morgan fingerprint density at radius 3 is 2.76 bits per heavy atom. The minimum Gasteiger partial charge on any atom is -0.365 e. The minimum absolute atomic E-state index is 0.103. The molecule has 1 aliphatic heterocycles. The van der Waals surface area contributed by atoms with Gasteiger partial charge in [-0.3, -0.25) is 4.79 Å². The number of benzene rings is 1. The number of halogens is 1. The summed E-state index contributed by atoms with van der Waals surface area (Å²) in [6.45, 7) is 2.78. The molecular weight excluding hydrogens is 286 g/mol. The molecule has 1 spiro atoms. The van der Waals surface area contributed by atoms with Crippen molar-refractivity contribution in [2.24, 2.45) is 5.73 Å². The van der Waals surface area contributed by atoms with Gasteiger partial charge in [-0.1, -0.05) is 36.9 Å². The Balaban J connectivity index is 2.05. The molecule has 1 amide bonds. The van der Waals surface area contributed by atoms with Gasteiger partial charge in [0.15, 0.2) is 0 Å². The van der Waals surface area contributed by atoms with E-state index in [4.69, 9.17) is 17.3 Å². The summed E-state index contributed by atoms with van der Waals surface area (Å²) in [5.74, 6) is -0.444. The van der Waals surface area contributed by atoms with E-state index in [2.05, 4.69) is 10.2 Å². The van der Waals surface area contributed by atoms with Crippen LogP contribution in [0.25, 0.3) is 0 Å². The Morgan fingerprint density at radius 1 is 1.29 bits per heavy atom. The number of carbonyl (C=O) groups excluding carboxylic acids is 1. The van der Waals surface area contributed by atoms with Gasteiger partial charge < -0.3 is 16.0 Å². The Hall–Kier alpha value is -1.26. The van der Waals surface area contributed by atoms with Crippen molar-refractivity contribution in [1.29, 1.82) is 0 Å². The number of amides is 1. The van der Waals surface area contributed by atoms with Gasteiger partial charge in [-0.05, 0) is 25.0 Å². The number of primary amides is 1. The number of carbonyl (C=O) groups is 1. The van der Waals surface area contributed by atoms with Gasteiger partial charge in [0.2, 0.25) is 0 Å². The molecule has 1 aromatic rings. The van der Waals surface area contributed by atoms with Crippen molar-refractivity contribution in [3.8, 4) is 0 Å². The number of hydrogen-bond donors (Lipinski definition) is 2. The zero-order valence-electron chi connectivity index (χ0n) is 12.2. The number of anilines is 1. The first kappa shape index (κ1) is 14.7. The van der Waals surface area contributed by atoms with Crippen LogP contribution in [-0.2, 0) is 0 Å². The number of piperazine rings is 1. The molecule has 3 N–H and O–H groups in total. The largest absolute Gasteiger partial charge is 0.365 e. The Labute approximate surface area is 130 Å². The highest BCUT2D eigenvalue weighted by molar-refractivity contribution is 6.34. The third kappa shape index (κ3) is 2.62. The first-order valence-electron chi connectivity index (χ1n) is 7.71. The summed E-state index contributed by atoms with van der Waals surface area (Å²) < 4.78 is 0. The maximum Gasteiger partial charge on any atom is 0.252 e. The fourth-order valence-electron chi connectivity index (χ4n) is 3.86. The first-order valence-corrected chi connectivity index (χ1v) is 8.08. The predicted octanol–water partition coefficient (Wildman–Crippen LogP) is 2.55. The molecule has 114 valence electrons. The van der Waals surface area contributed by atoms with Crippen LogP contribution in [0, 0.1) is 0 Å². The van der Waals surface area contributed by atoms with Crippen LogP contribution in [0.2, 0.25) is 5.02 Å². The van der Waals surface area contributed by atoms with Crippen molar-refractivity contribution in [2.75, 3.05) is 24.5 Å². The van der Waals surface area contributed by atoms with Crippen LogP contribution in [0.1, 0.15) is 42.5 Å². The highest BCUT2D eigenvalue weighted by atomic mass is 35.5. The van der Waals surface area contributed by atoms with Crippen LogP contribution < -0.4 is 16.0 Å². The lowest BCUT2D eigenvalue weighted by atomic mass is 9.78. The van der Waals surface area contributed by atoms with Crippen molar-refractivity contribution in [3.05, 3.63) is 28.8 Å². The van der Waals surface area contributed by atoms with E-state index in [1.807, 2.05) is 12.1 Å². The van der Waals surface area contributed by atoms with Crippen LogP contribution in [0.15, 0.2) is 18.2 Å². The molecule has 5 heteroatoms. The quantitative estimate of drug-likeness (QED) is 0.883. The Morgan fingerprint density at radius 2 is 2.05 bits per heavy atom. The van der Waals surface area contributed by atoms with Crippen molar-refractivity contribution in [1.82, 2.24) is 5.32 Å². The number of rotatable bonds is 2. The second-order valence-electron chi connectivity index (χ2n) is 6.11. The van der Waals surface area contributed by atoms with E-state index in [0.717, 1.165) is 38.2 Å². The Bertz CT molecular complexity index is 532. The van der Waals surface area contributed by atoms with Crippen LogP contribution in [0.3, 0.4) is 0 Å². The van der Waals surface area contributed by atoms with E-state index < -0.39 is 5.91 Å². The summed E-state index contributed by atoms with van der Waals surface area (Å²) >= 11 is 6.23. The lowest BCUT2D eigenvalue weighted by Crippen LogP contribution is -2.62. The average molecular weight is 308 g/mol. The highest BCUT2D eigenvalue weighted by Gasteiger charge is 2.41. The molecule has 21 heavy (non-hydrogen) atoms. The van der Waals surface area contributed by atoms with E-state index in [1.165, 1.54) is 19.3 Å². The average Bonchev–Trinajstić information content (AvgIpc) is 2.48. The van der Waals surface area contributed by atoms with Crippen molar-refractivity contribution >= 4 is 23.2 Å². The second kappa shape index (κ2) is 5.85. The van der Waals surface area contributed by atoms with Gasteiger partial charge in [0.05, 0.1) is 21.8 Å². The molecule has 3 rings (SSSR count). The summed E-state index contributed by atoms with van der Waals surface area (Å²) in [6.07, 6.45) is 6.10. The fourth-order valence-corrected chi connectivity index (χ4v) is 4.12. The number of hydrogen-bond acceptors (Lipinski definition) is 3. The maximum atomic E-state index is 11.9. The van der Waals surface area contributed by atoms with Gasteiger partial charge in [0.25, 0.3) is 5.91 Å². The minimum atomic E-state index is -0.444. The molecule has 1 aromatic carbocycles. The number of nitrogens with zero attached hydrogens (tertiary/aromatic N) is 1. The van der Waals surface area contributed by atoms with E-state index in [-0.39, 0.29) is 5.54 Å². The molecule has 2 fully saturated rings. The predicted molar refractivity (Wildman–Crippen MR) is 86.0 cm³/mol. The standard InChI is InChI=1S/C16H22ClN3O/c17-12-5-4-6-13(14(12)15(18)21)20-10-9-19-11-16(20)7-2-1-3-8-16/h4-6,19H,1-3,7-11H2,(H2,18,21). The van der Waals surface area contributed by atoms with Gasteiger partial charge in [0.1, 0.15) is 0 Å². The molecule has 1 saturated heterocycles. The SMILES string of the molecule is NC(=O)c1c(Cl)cccc1N1CCNCC12CCCCC2. The van der Waals surface area contributed by atoms with Gasteiger partial charge in [-0.2, -0.15) is 0 Å². The molecule has 0 atom stereocenters. The molecule has 1 heterocycles.